The van der Waals surface area contributed by atoms with Gasteiger partial charge in [-0.25, -0.2) is 9.67 Å². The third-order valence-electron chi connectivity index (χ3n) is 8.45. The molecule has 0 saturated heterocycles. The van der Waals surface area contributed by atoms with Crippen molar-refractivity contribution in [3.8, 4) is 34.1 Å². The molecule has 224 valence electrons. The predicted octanol–water partition coefficient (Wildman–Crippen LogP) is 10.3. The monoisotopic (exact) mass is 590 g/mol. The lowest BCUT2D eigenvalue weighted by Gasteiger charge is -2.12. The first-order valence-electron chi connectivity index (χ1n) is 15.7. The number of rotatable bonds is 7. The molecule has 0 unspecified atom stereocenters. The Bertz CT molecular complexity index is 2190. The van der Waals surface area contributed by atoms with Gasteiger partial charge in [0.2, 0.25) is 0 Å². The van der Waals surface area contributed by atoms with Crippen LogP contribution < -0.4 is 4.74 Å². The van der Waals surface area contributed by atoms with Crippen molar-refractivity contribution < 1.29 is 4.74 Å². The summed E-state index contributed by atoms with van der Waals surface area (Å²) in [4.78, 5) is 4.78. The average molecular weight is 591 g/mol. The molecule has 0 aliphatic rings. The first kappa shape index (κ1) is 28.6. The van der Waals surface area contributed by atoms with Crippen LogP contribution in [0.15, 0.2) is 103 Å². The molecular weight excluding hydrogens is 552 g/mol. The third-order valence-corrected chi connectivity index (χ3v) is 8.45. The van der Waals surface area contributed by atoms with Crippen LogP contribution in [0.1, 0.15) is 41.9 Å². The Hall–Kier alpha value is -5.16. The van der Waals surface area contributed by atoms with E-state index in [0.717, 1.165) is 57.4 Å². The van der Waals surface area contributed by atoms with E-state index in [1.54, 1.807) is 0 Å². The average Bonchev–Trinajstić information content (AvgIpc) is 3.49. The second kappa shape index (κ2) is 11.4. The quantitative estimate of drug-likeness (QED) is 0.186. The minimum Gasteiger partial charge on any atom is -0.457 e. The summed E-state index contributed by atoms with van der Waals surface area (Å²) < 4.78 is 10.9. The molecule has 5 heteroatoms. The third kappa shape index (κ3) is 5.40. The molecule has 0 aliphatic heterocycles. The number of aryl methyl sites for hydroxylation is 3. The fourth-order valence-electron chi connectivity index (χ4n) is 6.56. The maximum atomic E-state index is 6.60. The standard InChI is InChI=1S/C40H38N4O/c1-25(2)18-30-12-15-37-36(22-30)35-14-13-33(24-38(35)43(37)39-21-26(3)16-17-41-39)45-34-20-27(4)19-32(23-34)44-29(6)40(28(5)42-44)31-10-8-7-9-11-31/h7-17,19-25H,18H2,1-6H3. The molecular formula is C40H38N4O. The van der Waals surface area contributed by atoms with Gasteiger partial charge >= 0.3 is 0 Å². The lowest BCUT2D eigenvalue weighted by Crippen LogP contribution is -2.00. The summed E-state index contributed by atoms with van der Waals surface area (Å²) in [7, 11) is 0. The maximum Gasteiger partial charge on any atom is 0.137 e. The Kier molecular flexibility index (Phi) is 7.25. The van der Waals surface area contributed by atoms with Crippen molar-refractivity contribution in [1.29, 1.82) is 0 Å². The van der Waals surface area contributed by atoms with Gasteiger partial charge in [-0.2, -0.15) is 5.10 Å². The number of hydrogen-bond acceptors (Lipinski definition) is 3. The molecule has 5 nitrogen and oxygen atoms in total. The van der Waals surface area contributed by atoms with E-state index in [9.17, 15) is 0 Å². The van der Waals surface area contributed by atoms with E-state index in [-0.39, 0.29) is 0 Å². The molecule has 3 heterocycles. The number of pyridine rings is 1. The van der Waals surface area contributed by atoms with Gasteiger partial charge in [-0.1, -0.05) is 50.2 Å². The normalized spacial score (nSPS) is 11.6. The summed E-state index contributed by atoms with van der Waals surface area (Å²) in [6.45, 7) is 12.9. The number of nitrogens with zero attached hydrogens (tertiary/aromatic N) is 4. The fourth-order valence-corrected chi connectivity index (χ4v) is 6.56. The van der Waals surface area contributed by atoms with Crippen LogP contribution in [0, 0.1) is 33.6 Å². The van der Waals surface area contributed by atoms with E-state index in [2.05, 4.69) is 131 Å². The molecule has 7 aromatic rings. The van der Waals surface area contributed by atoms with Gasteiger partial charge in [0, 0.05) is 40.4 Å². The summed E-state index contributed by atoms with van der Waals surface area (Å²) in [5.41, 5.74) is 11.3. The van der Waals surface area contributed by atoms with Crippen LogP contribution in [0.2, 0.25) is 0 Å². The number of aromatic nitrogens is 4. The molecule has 0 N–H and O–H groups in total. The van der Waals surface area contributed by atoms with Gasteiger partial charge in [-0.15, -0.1) is 0 Å². The number of benzene rings is 4. The molecule has 4 aromatic carbocycles. The first-order valence-corrected chi connectivity index (χ1v) is 15.7. The lowest BCUT2D eigenvalue weighted by molar-refractivity contribution is 0.482. The van der Waals surface area contributed by atoms with Crippen LogP contribution in [0.5, 0.6) is 11.5 Å². The summed E-state index contributed by atoms with van der Waals surface area (Å²) in [6, 6.07) is 34.2. The highest BCUT2D eigenvalue weighted by Gasteiger charge is 2.18. The minimum absolute atomic E-state index is 0.591. The Morgan fingerprint density at radius 2 is 1.53 bits per heavy atom. The van der Waals surface area contributed by atoms with Crippen LogP contribution in [0.25, 0.3) is 44.4 Å². The van der Waals surface area contributed by atoms with Crippen molar-refractivity contribution in [2.45, 2.75) is 48.0 Å². The lowest BCUT2D eigenvalue weighted by atomic mass is 10.0. The summed E-state index contributed by atoms with van der Waals surface area (Å²) in [5.74, 6) is 3.04. The largest absolute Gasteiger partial charge is 0.457 e. The van der Waals surface area contributed by atoms with Crippen molar-refractivity contribution >= 4 is 21.8 Å². The van der Waals surface area contributed by atoms with Gasteiger partial charge in [-0.05, 0) is 111 Å². The molecule has 0 amide bonds. The molecule has 0 fully saturated rings. The zero-order valence-corrected chi connectivity index (χ0v) is 26.8. The zero-order chi connectivity index (χ0) is 31.2. The van der Waals surface area contributed by atoms with Crippen molar-refractivity contribution in [3.05, 3.63) is 131 Å². The van der Waals surface area contributed by atoms with Gasteiger partial charge in [0.15, 0.2) is 0 Å². The second-order valence-electron chi connectivity index (χ2n) is 12.6. The zero-order valence-electron chi connectivity index (χ0n) is 26.8. The Morgan fingerprint density at radius 1 is 0.711 bits per heavy atom. The molecule has 0 bridgehead atoms. The van der Waals surface area contributed by atoms with E-state index >= 15 is 0 Å². The van der Waals surface area contributed by atoms with E-state index in [4.69, 9.17) is 14.8 Å². The Morgan fingerprint density at radius 3 is 2.31 bits per heavy atom. The highest BCUT2D eigenvalue weighted by molar-refractivity contribution is 6.09. The van der Waals surface area contributed by atoms with E-state index in [0.29, 0.717) is 5.92 Å². The number of fused-ring (bicyclic) bond motifs is 3. The highest BCUT2D eigenvalue weighted by atomic mass is 16.5. The van der Waals surface area contributed by atoms with Crippen LogP contribution in [-0.2, 0) is 6.42 Å². The second-order valence-corrected chi connectivity index (χ2v) is 12.6. The molecule has 45 heavy (non-hydrogen) atoms. The SMILES string of the molecule is Cc1cc(Oc2ccc3c4cc(CC(C)C)ccc4n(-c4cc(C)ccn4)c3c2)cc(-n2nc(C)c(-c3ccccc3)c2C)c1. The van der Waals surface area contributed by atoms with Crippen molar-refractivity contribution in [1.82, 2.24) is 19.3 Å². The van der Waals surface area contributed by atoms with Crippen molar-refractivity contribution in [3.63, 3.8) is 0 Å². The van der Waals surface area contributed by atoms with E-state index in [1.165, 1.54) is 33.0 Å². The highest BCUT2D eigenvalue weighted by Crippen LogP contribution is 2.37. The summed E-state index contributed by atoms with van der Waals surface area (Å²) in [5, 5.41) is 7.36. The smallest absolute Gasteiger partial charge is 0.137 e. The summed E-state index contributed by atoms with van der Waals surface area (Å²) >= 11 is 0. The predicted molar refractivity (Wildman–Crippen MR) is 185 cm³/mol. The molecule has 0 aliphatic carbocycles. The van der Waals surface area contributed by atoms with Crippen molar-refractivity contribution in [2.75, 3.05) is 0 Å². The van der Waals surface area contributed by atoms with Gasteiger partial charge < -0.3 is 4.74 Å². The van der Waals surface area contributed by atoms with E-state index in [1.807, 2.05) is 23.0 Å². The molecule has 7 rings (SSSR count). The fraction of sp³-hybridized carbons (Fsp3) is 0.200. The molecule has 0 radical (unpaired) electrons. The summed E-state index contributed by atoms with van der Waals surface area (Å²) in [6.07, 6.45) is 2.93. The van der Waals surface area contributed by atoms with Crippen LogP contribution in [0.4, 0.5) is 0 Å². The topological polar surface area (TPSA) is 44.9 Å². The molecule has 0 atom stereocenters. The number of hydrogen-bond donors (Lipinski definition) is 0. The Balaban J connectivity index is 1.32. The van der Waals surface area contributed by atoms with Crippen LogP contribution in [0.3, 0.4) is 0 Å². The first-order chi connectivity index (χ1) is 21.7. The van der Waals surface area contributed by atoms with Crippen LogP contribution >= 0.6 is 0 Å². The maximum absolute atomic E-state index is 6.60. The Labute approximate surface area is 264 Å². The molecule has 3 aromatic heterocycles. The van der Waals surface area contributed by atoms with Gasteiger partial charge in [0.1, 0.15) is 17.3 Å². The van der Waals surface area contributed by atoms with Crippen LogP contribution in [-0.4, -0.2) is 19.3 Å². The number of ether oxygens (including phenoxy) is 1. The molecule has 0 spiro atoms. The molecule has 0 saturated carbocycles. The minimum atomic E-state index is 0.591. The van der Waals surface area contributed by atoms with E-state index < -0.39 is 0 Å². The van der Waals surface area contributed by atoms with Gasteiger partial charge in [-0.3, -0.25) is 4.57 Å². The van der Waals surface area contributed by atoms with Gasteiger partial charge in [0.25, 0.3) is 0 Å². The van der Waals surface area contributed by atoms with Gasteiger partial charge in [0.05, 0.1) is 22.4 Å². The van der Waals surface area contributed by atoms with Crippen molar-refractivity contribution in [2.24, 2.45) is 5.92 Å².